The van der Waals surface area contributed by atoms with E-state index in [0.29, 0.717) is 11.3 Å². The van der Waals surface area contributed by atoms with E-state index in [0.717, 1.165) is 16.2 Å². The van der Waals surface area contributed by atoms with Gasteiger partial charge in [0.25, 0.3) is 0 Å². The van der Waals surface area contributed by atoms with Gasteiger partial charge in [0.05, 0.1) is 11.7 Å². The Labute approximate surface area is 97.2 Å². The van der Waals surface area contributed by atoms with Gasteiger partial charge in [0.15, 0.2) is 5.15 Å². The van der Waals surface area contributed by atoms with Crippen LogP contribution in [0.3, 0.4) is 0 Å². The summed E-state index contributed by atoms with van der Waals surface area (Å²) in [6.07, 6.45) is 0. The number of halogens is 3. The minimum Gasteiger partial charge on any atom is -0.206 e. The lowest BCUT2D eigenvalue weighted by Crippen LogP contribution is -1.84. The summed E-state index contributed by atoms with van der Waals surface area (Å²) in [6.45, 7) is 0. The number of hydrogen-bond acceptors (Lipinski definition) is 3. The normalized spacial score (nSPS) is 10.5. The Morgan fingerprint density at radius 1 is 1.36 bits per heavy atom. The van der Waals surface area contributed by atoms with Crippen LogP contribution >= 0.6 is 39.3 Å². The number of benzene rings is 1. The molecule has 6 heteroatoms. The first-order valence-corrected chi connectivity index (χ1v) is 5.52. The molecule has 2 rings (SSSR count). The van der Waals surface area contributed by atoms with Crippen LogP contribution in [0, 0.1) is 5.82 Å². The molecule has 72 valence electrons. The lowest BCUT2D eigenvalue weighted by Gasteiger charge is -1.99. The summed E-state index contributed by atoms with van der Waals surface area (Å²) in [7, 11) is 0. The Kier molecular flexibility index (Phi) is 2.80. The van der Waals surface area contributed by atoms with E-state index in [1.54, 1.807) is 12.1 Å². The van der Waals surface area contributed by atoms with Crippen LogP contribution in [0.5, 0.6) is 0 Å². The van der Waals surface area contributed by atoms with Gasteiger partial charge in [-0.15, -0.1) is 0 Å². The SMILES string of the molecule is Fc1ccc(Br)cc1-c1nsnc1Cl. The first kappa shape index (κ1) is 10.0. The zero-order chi connectivity index (χ0) is 10.1. The van der Waals surface area contributed by atoms with Crippen LogP contribution in [0.2, 0.25) is 5.15 Å². The van der Waals surface area contributed by atoms with Gasteiger partial charge in [-0.1, -0.05) is 27.5 Å². The van der Waals surface area contributed by atoms with Crippen molar-refractivity contribution < 1.29 is 4.39 Å². The van der Waals surface area contributed by atoms with E-state index in [4.69, 9.17) is 11.6 Å². The van der Waals surface area contributed by atoms with Gasteiger partial charge < -0.3 is 0 Å². The number of nitrogens with zero attached hydrogens (tertiary/aromatic N) is 2. The molecule has 1 heterocycles. The highest BCUT2D eigenvalue weighted by molar-refractivity contribution is 9.10. The Morgan fingerprint density at radius 2 is 2.14 bits per heavy atom. The Hall–Kier alpha value is -0.520. The fourth-order valence-electron chi connectivity index (χ4n) is 1.02. The molecule has 0 saturated carbocycles. The van der Waals surface area contributed by atoms with Crippen molar-refractivity contribution in [1.82, 2.24) is 8.75 Å². The Morgan fingerprint density at radius 3 is 2.79 bits per heavy atom. The van der Waals surface area contributed by atoms with Gasteiger partial charge in [-0.3, -0.25) is 0 Å². The topological polar surface area (TPSA) is 25.8 Å². The van der Waals surface area contributed by atoms with Crippen molar-refractivity contribution in [3.8, 4) is 11.3 Å². The molecule has 2 nitrogen and oxygen atoms in total. The van der Waals surface area contributed by atoms with E-state index in [1.165, 1.54) is 6.07 Å². The second-order valence-corrected chi connectivity index (χ2v) is 4.33. The van der Waals surface area contributed by atoms with E-state index >= 15 is 0 Å². The maximum absolute atomic E-state index is 13.4. The molecule has 0 aliphatic rings. The summed E-state index contributed by atoms with van der Waals surface area (Å²) in [6, 6.07) is 4.60. The van der Waals surface area contributed by atoms with Crippen LogP contribution in [0.25, 0.3) is 11.3 Å². The largest absolute Gasteiger partial charge is 0.206 e. The fourth-order valence-corrected chi connectivity index (χ4v) is 2.13. The number of aromatic nitrogens is 2. The quantitative estimate of drug-likeness (QED) is 0.800. The molecule has 1 aromatic carbocycles. The van der Waals surface area contributed by atoms with Crippen LogP contribution < -0.4 is 0 Å². The smallest absolute Gasteiger partial charge is 0.170 e. The molecule has 0 spiro atoms. The monoisotopic (exact) mass is 292 g/mol. The molecular formula is C8H3BrClFN2S. The Balaban J connectivity index is 2.62. The van der Waals surface area contributed by atoms with Gasteiger partial charge >= 0.3 is 0 Å². The third kappa shape index (κ3) is 1.80. The maximum atomic E-state index is 13.4. The van der Waals surface area contributed by atoms with Gasteiger partial charge in [0.2, 0.25) is 0 Å². The zero-order valence-electron chi connectivity index (χ0n) is 6.67. The van der Waals surface area contributed by atoms with Gasteiger partial charge in [-0.2, -0.15) is 8.75 Å². The van der Waals surface area contributed by atoms with E-state index < -0.39 is 0 Å². The molecule has 0 fully saturated rings. The summed E-state index contributed by atoms with van der Waals surface area (Å²) in [4.78, 5) is 0. The zero-order valence-corrected chi connectivity index (χ0v) is 9.83. The van der Waals surface area contributed by atoms with Crippen LogP contribution in [0.1, 0.15) is 0 Å². The lowest BCUT2D eigenvalue weighted by atomic mass is 10.1. The number of hydrogen-bond donors (Lipinski definition) is 0. The van der Waals surface area contributed by atoms with Crippen molar-refractivity contribution in [3.63, 3.8) is 0 Å². The first-order valence-electron chi connectivity index (χ1n) is 3.62. The fraction of sp³-hybridized carbons (Fsp3) is 0. The summed E-state index contributed by atoms with van der Waals surface area (Å²) in [5.41, 5.74) is 0.744. The molecule has 0 aliphatic heterocycles. The first-order chi connectivity index (χ1) is 6.68. The molecule has 0 unspecified atom stereocenters. The van der Waals surface area contributed by atoms with E-state index in [2.05, 4.69) is 24.7 Å². The summed E-state index contributed by atoms with van der Waals surface area (Å²) in [5.74, 6) is -0.359. The van der Waals surface area contributed by atoms with Gasteiger partial charge in [0, 0.05) is 10.0 Å². The molecule has 0 saturated heterocycles. The molecule has 2 aromatic rings. The minimum atomic E-state index is -0.359. The summed E-state index contributed by atoms with van der Waals surface area (Å²) in [5, 5.41) is 0.229. The average Bonchev–Trinajstić information content (AvgIpc) is 2.56. The van der Waals surface area contributed by atoms with Crippen molar-refractivity contribution >= 4 is 39.3 Å². The van der Waals surface area contributed by atoms with Crippen molar-refractivity contribution in [3.05, 3.63) is 33.6 Å². The number of rotatable bonds is 1. The molecule has 1 aromatic heterocycles. The predicted molar refractivity (Wildman–Crippen MR) is 58.0 cm³/mol. The van der Waals surface area contributed by atoms with E-state index in [9.17, 15) is 4.39 Å². The predicted octanol–water partition coefficient (Wildman–Crippen LogP) is 3.76. The van der Waals surface area contributed by atoms with Crippen molar-refractivity contribution in [2.75, 3.05) is 0 Å². The second-order valence-electron chi connectivity index (χ2n) is 2.53. The molecule has 0 aliphatic carbocycles. The molecule has 0 amide bonds. The average molecular weight is 294 g/mol. The molecule has 0 radical (unpaired) electrons. The summed E-state index contributed by atoms with van der Waals surface area (Å²) >= 11 is 9.97. The second kappa shape index (κ2) is 3.92. The minimum absolute atomic E-state index is 0.229. The van der Waals surface area contributed by atoms with Crippen LogP contribution in [0.4, 0.5) is 4.39 Å². The molecule has 0 N–H and O–H groups in total. The Bertz CT molecular complexity index is 474. The van der Waals surface area contributed by atoms with E-state index in [1.807, 2.05) is 0 Å². The highest BCUT2D eigenvalue weighted by Crippen LogP contribution is 2.29. The van der Waals surface area contributed by atoms with Crippen LogP contribution in [0.15, 0.2) is 22.7 Å². The van der Waals surface area contributed by atoms with Crippen LogP contribution in [-0.2, 0) is 0 Å². The lowest BCUT2D eigenvalue weighted by molar-refractivity contribution is 0.630. The molecule has 0 bridgehead atoms. The standard InChI is InChI=1S/C8H3BrClFN2S/c9-4-1-2-6(11)5(3-4)7-8(10)13-14-12-7/h1-3H. The third-order valence-electron chi connectivity index (χ3n) is 1.63. The van der Waals surface area contributed by atoms with Gasteiger partial charge in [0.1, 0.15) is 11.5 Å². The van der Waals surface area contributed by atoms with Gasteiger partial charge in [-0.05, 0) is 18.2 Å². The van der Waals surface area contributed by atoms with Gasteiger partial charge in [-0.25, -0.2) is 4.39 Å². The van der Waals surface area contributed by atoms with Crippen molar-refractivity contribution in [2.24, 2.45) is 0 Å². The van der Waals surface area contributed by atoms with Crippen LogP contribution in [-0.4, -0.2) is 8.75 Å². The van der Waals surface area contributed by atoms with Crippen molar-refractivity contribution in [2.45, 2.75) is 0 Å². The highest BCUT2D eigenvalue weighted by atomic mass is 79.9. The third-order valence-corrected chi connectivity index (χ3v) is 3.02. The van der Waals surface area contributed by atoms with Crippen molar-refractivity contribution in [1.29, 1.82) is 0 Å². The maximum Gasteiger partial charge on any atom is 0.170 e. The molecule has 0 atom stereocenters. The molecular weight excluding hydrogens is 291 g/mol. The van der Waals surface area contributed by atoms with E-state index in [-0.39, 0.29) is 11.0 Å². The highest BCUT2D eigenvalue weighted by Gasteiger charge is 2.12. The summed E-state index contributed by atoms with van der Waals surface area (Å²) < 4.78 is 21.8. The molecule has 14 heavy (non-hydrogen) atoms.